The van der Waals surface area contributed by atoms with Gasteiger partial charge in [0, 0.05) is 17.1 Å². The largest absolute Gasteiger partial charge is 0.351 e. The zero-order valence-electron chi connectivity index (χ0n) is 16.3. The smallest absolute Gasteiger partial charge is 0.247 e. The van der Waals surface area contributed by atoms with Crippen LogP contribution in [-0.4, -0.2) is 28.6 Å². The lowest BCUT2D eigenvalue weighted by Crippen LogP contribution is -2.47. The Hall–Kier alpha value is -1.85. The lowest BCUT2D eigenvalue weighted by molar-refractivity contribution is -0.140. The molecule has 1 fully saturated rings. The average Bonchev–Trinajstić information content (AvgIpc) is 2.74. The number of nitrogens with zero attached hydrogens (tertiary/aromatic N) is 1. The highest BCUT2D eigenvalue weighted by molar-refractivity contribution is 9.10. The Morgan fingerprint density at radius 2 is 1.79 bits per heavy atom. The van der Waals surface area contributed by atoms with Crippen molar-refractivity contribution in [3.8, 4) is 0 Å². The fourth-order valence-corrected chi connectivity index (χ4v) is 4.43. The first-order valence-electron chi connectivity index (χ1n) is 10.0. The summed E-state index contributed by atoms with van der Waals surface area (Å²) in [6, 6.07) is 16.7. The highest BCUT2D eigenvalue weighted by Crippen LogP contribution is 2.27. The summed E-state index contributed by atoms with van der Waals surface area (Å²) >= 11 is 9.43. The Balaban J connectivity index is 1.93. The van der Waals surface area contributed by atoms with Gasteiger partial charge in [0.05, 0.1) is 0 Å². The lowest BCUT2D eigenvalue weighted by Gasteiger charge is -2.33. The van der Waals surface area contributed by atoms with Gasteiger partial charge in [0.25, 0.3) is 0 Å². The van der Waals surface area contributed by atoms with Crippen molar-refractivity contribution in [1.82, 2.24) is 10.2 Å². The topological polar surface area (TPSA) is 49.4 Å². The van der Waals surface area contributed by atoms with E-state index >= 15 is 0 Å². The van der Waals surface area contributed by atoms with Gasteiger partial charge in [-0.3, -0.25) is 9.59 Å². The normalized spacial score (nSPS) is 15.5. The molecule has 1 aliphatic rings. The number of carbonyl (C=O) groups excluding carboxylic acids is 2. The summed E-state index contributed by atoms with van der Waals surface area (Å²) < 4.78 is 0.864. The van der Waals surface area contributed by atoms with E-state index < -0.39 is 6.04 Å². The van der Waals surface area contributed by atoms with Gasteiger partial charge in [0.2, 0.25) is 11.8 Å². The Kier molecular flexibility index (Phi) is 8.13. The average molecular weight is 478 g/mol. The molecule has 0 aliphatic heterocycles. The van der Waals surface area contributed by atoms with Gasteiger partial charge in [-0.15, -0.1) is 11.6 Å². The fourth-order valence-electron chi connectivity index (χ4n) is 3.86. The molecule has 29 heavy (non-hydrogen) atoms. The number of rotatable bonds is 7. The van der Waals surface area contributed by atoms with Crippen molar-refractivity contribution in [1.29, 1.82) is 0 Å². The van der Waals surface area contributed by atoms with Gasteiger partial charge in [0.15, 0.2) is 0 Å². The molecule has 0 unspecified atom stereocenters. The molecule has 0 aromatic heterocycles. The SMILES string of the molecule is O=C(NC1CCCCC1)[C@@H](c1cccc(Br)c1)N(Cc1ccccc1)C(=O)CCl. The Morgan fingerprint density at radius 1 is 1.07 bits per heavy atom. The Bertz CT molecular complexity index is 825. The Labute approximate surface area is 185 Å². The molecule has 0 radical (unpaired) electrons. The van der Waals surface area contributed by atoms with Gasteiger partial charge in [-0.1, -0.05) is 77.7 Å². The molecule has 1 saturated carbocycles. The van der Waals surface area contributed by atoms with Gasteiger partial charge in [-0.2, -0.15) is 0 Å². The molecule has 1 N–H and O–H groups in total. The summed E-state index contributed by atoms with van der Waals surface area (Å²) in [5.74, 6) is -0.586. The second-order valence-electron chi connectivity index (χ2n) is 7.44. The highest BCUT2D eigenvalue weighted by Gasteiger charge is 2.32. The number of carbonyl (C=O) groups is 2. The summed E-state index contributed by atoms with van der Waals surface area (Å²) in [6.07, 6.45) is 5.44. The molecular formula is C23H26BrClN2O2. The van der Waals surface area contributed by atoms with Crippen LogP contribution in [0, 0.1) is 0 Å². The van der Waals surface area contributed by atoms with Crippen LogP contribution in [0.5, 0.6) is 0 Å². The minimum Gasteiger partial charge on any atom is -0.351 e. The predicted octanol–water partition coefficient (Wildman–Crippen LogP) is 5.21. The lowest BCUT2D eigenvalue weighted by atomic mass is 9.94. The van der Waals surface area contributed by atoms with E-state index in [-0.39, 0.29) is 23.7 Å². The quantitative estimate of drug-likeness (QED) is 0.557. The van der Waals surface area contributed by atoms with E-state index in [2.05, 4.69) is 21.2 Å². The van der Waals surface area contributed by atoms with Crippen LogP contribution in [0.15, 0.2) is 59.1 Å². The third kappa shape index (κ3) is 6.06. The van der Waals surface area contributed by atoms with Crippen LogP contribution in [0.4, 0.5) is 0 Å². The van der Waals surface area contributed by atoms with Crippen molar-refractivity contribution in [3.63, 3.8) is 0 Å². The zero-order valence-corrected chi connectivity index (χ0v) is 18.7. The van der Waals surface area contributed by atoms with Gasteiger partial charge >= 0.3 is 0 Å². The van der Waals surface area contributed by atoms with Crippen molar-refractivity contribution in [2.24, 2.45) is 0 Å². The number of alkyl halides is 1. The van der Waals surface area contributed by atoms with Crippen LogP contribution >= 0.6 is 27.5 Å². The first-order chi connectivity index (χ1) is 14.1. The molecule has 3 rings (SSSR count). The minimum absolute atomic E-state index is 0.149. The van der Waals surface area contributed by atoms with Crippen molar-refractivity contribution < 1.29 is 9.59 Å². The van der Waals surface area contributed by atoms with Crippen LogP contribution < -0.4 is 5.32 Å². The third-order valence-corrected chi connectivity index (χ3v) is 6.03. The Morgan fingerprint density at radius 3 is 2.45 bits per heavy atom. The van der Waals surface area contributed by atoms with Crippen LogP contribution in [0.25, 0.3) is 0 Å². The molecule has 2 amide bonds. The molecule has 0 bridgehead atoms. The maximum atomic E-state index is 13.4. The second kappa shape index (κ2) is 10.8. The first kappa shape index (κ1) is 21.8. The van der Waals surface area contributed by atoms with E-state index in [1.165, 1.54) is 6.42 Å². The number of hydrogen-bond donors (Lipinski definition) is 1. The minimum atomic E-state index is -0.735. The maximum absolute atomic E-state index is 13.4. The first-order valence-corrected chi connectivity index (χ1v) is 11.4. The molecule has 1 aliphatic carbocycles. The summed E-state index contributed by atoms with van der Waals surface area (Å²) in [5.41, 5.74) is 1.72. The number of hydrogen-bond acceptors (Lipinski definition) is 2. The van der Waals surface area contributed by atoms with Gasteiger partial charge in [-0.05, 0) is 36.1 Å². The monoisotopic (exact) mass is 476 g/mol. The zero-order chi connectivity index (χ0) is 20.6. The van der Waals surface area contributed by atoms with E-state index in [1.54, 1.807) is 4.90 Å². The third-order valence-electron chi connectivity index (χ3n) is 5.31. The standard InChI is InChI=1S/C23H26BrClN2O2/c24-19-11-7-10-18(14-19)22(23(29)26-20-12-5-2-6-13-20)27(21(28)15-25)16-17-8-3-1-4-9-17/h1,3-4,7-11,14,20,22H,2,5-6,12-13,15-16H2,(H,26,29)/t22-/m1/s1. The molecule has 2 aromatic carbocycles. The predicted molar refractivity (Wildman–Crippen MR) is 120 cm³/mol. The molecule has 6 heteroatoms. The van der Waals surface area contributed by atoms with Crippen molar-refractivity contribution in [2.75, 3.05) is 5.88 Å². The fraction of sp³-hybridized carbons (Fsp3) is 0.391. The van der Waals surface area contributed by atoms with Crippen molar-refractivity contribution in [2.45, 2.75) is 50.7 Å². The molecule has 2 aromatic rings. The van der Waals surface area contributed by atoms with Crippen LogP contribution in [-0.2, 0) is 16.1 Å². The number of amides is 2. The highest BCUT2D eigenvalue weighted by atomic mass is 79.9. The summed E-state index contributed by atoms with van der Waals surface area (Å²) in [5, 5.41) is 3.19. The molecule has 154 valence electrons. The van der Waals surface area contributed by atoms with Gasteiger partial charge in [0.1, 0.15) is 11.9 Å². The molecule has 0 saturated heterocycles. The molecule has 0 spiro atoms. The van der Waals surface area contributed by atoms with E-state index in [4.69, 9.17) is 11.6 Å². The summed E-state index contributed by atoms with van der Waals surface area (Å²) in [7, 11) is 0. The maximum Gasteiger partial charge on any atom is 0.247 e. The molecule has 0 heterocycles. The van der Waals surface area contributed by atoms with E-state index in [9.17, 15) is 9.59 Å². The second-order valence-corrected chi connectivity index (χ2v) is 8.62. The van der Waals surface area contributed by atoms with Crippen LogP contribution in [0.3, 0.4) is 0 Å². The summed E-state index contributed by atoms with van der Waals surface area (Å²) in [6.45, 7) is 0.321. The van der Waals surface area contributed by atoms with E-state index in [0.717, 1.165) is 41.3 Å². The van der Waals surface area contributed by atoms with Crippen LogP contribution in [0.1, 0.15) is 49.3 Å². The van der Waals surface area contributed by atoms with Crippen molar-refractivity contribution in [3.05, 3.63) is 70.2 Å². The van der Waals surface area contributed by atoms with Gasteiger partial charge in [-0.25, -0.2) is 0 Å². The van der Waals surface area contributed by atoms with Crippen LogP contribution in [0.2, 0.25) is 0 Å². The number of nitrogens with one attached hydrogen (secondary N) is 1. The van der Waals surface area contributed by atoms with Crippen molar-refractivity contribution >= 4 is 39.3 Å². The van der Waals surface area contributed by atoms with E-state index in [1.807, 2.05) is 54.6 Å². The van der Waals surface area contributed by atoms with E-state index in [0.29, 0.717) is 6.54 Å². The molecule has 1 atom stereocenters. The molecule has 4 nitrogen and oxygen atoms in total. The summed E-state index contributed by atoms with van der Waals surface area (Å²) in [4.78, 5) is 27.8. The molecular weight excluding hydrogens is 452 g/mol. The number of halogens is 2. The van der Waals surface area contributed by atoms with Gasteiger partial charge < -0.3 is 10.2 Å². The number of benzene rings is 2.